The van der Waals surface area contributed by atoms with Crippen LogP contribution in [-0.4, -0.2) is 0 Å². The second-order valence-corrected chi connectivity index (χ2v) is 4.19. The molecule has 0 aliphatic heterocycles. The molecule has 0 bridgehead atoms. The van der Waals surface area contributed by atoms with Gasteiger partial charge in [0.1, 0.15) is 0 Å². The normalized spacial score (nSPS) is 10.4. The SMILES string of the molecule is Cc1ccc(Cc2ccoc2)s1. The molecule has 2 aromatic heterocycles. The van der Waals surface area contributed by atoms with Crippen LogP contribution in [0.2, 0.25) is 0 Å². The molecule has 0 aliphatic carbocycles. The van der Waals surface area contributed by atoms with Gasteiger partial charge in [-0.3, -0.25) is 0 Å². The monoisotopic (exact) mass is 178 g/mol. The summed E-state index contributed by atoms with van der Waals surface area (Å²) in [4.78, 5) is 2.77. The third kappa shape index (κ3) is 1.59. The average Bonchev–Trinajstić information content (AvgIpc) is 2.63. The van der Waals surface area contributed by atoms with Crippen molar-refractivity contribution in [2.45, 2.75) is 13.3 Å². The van der Waals surface area contributed by atoms with E-state index in [1.54, 1.807) is 12.5 Å². The molecule has 1 nitrogen and oxygen atoms in total. The Hall–Kier alpha value is -1.02. The van der Waals surface area contributed by atoms with Crippen molar-refractivity contribution in [3.05, 3.63) is 46.0 Å². The van der Waals surface area contributed by atoms with Gasteiger partial charge in [0.15, 0.2) is 0 Å². The number of hydrogen-bond donors (Lipinski definition) is 0. The highest BCUT2D eigenvalue weighted by atomic mass is 32.1. The number of furan rings is 1. The van der Waals surface area contributed by atoms with Crippen LogP contribution in [0.25, 0.3) is 0 Å². The fourth-order valence-electron chi connectivity index (χ4n) is 1.17. The summed E-state index contributed by atoms with van der Waals surface area (Å²) in [6.07, 6.45) is 4.51. The molecule has 0 saturated heterocycles. The summed E-state index contributed by atoms with van der Waals surface area (Å²) in [5.74, 6) is 0. The molecule has 0 aromatic carbocycles. The van der Waals surface area contributed by atoms with Crippen molar-refractivity contribution in [2.75, 3.05) is 0 Å². The highest BCUT2D eigenvalue weighted by Crippen LogP contribution is 2.18. The Balaban J connectivity index is 2.14. The molecule has 62 valence electrons. The first kappa shape index (κ1) is 7.62. The van der Waals surface area contributed by atoms with Gasteiger partial charge in [-0.15, -0.1) is 11.3 Å². The van der Waals surface area contributed by atoms with E-state index in [0.717, 1.165) is 6.42 Å². The van der Waals surface area contributed by atoms with Gasteiger partial charge in [-0.1, -0.05) is 0 Å². The highest BCUT2D eigenvalue weighted by molar-refractivity contribution is 7.11. The van der Waals surface area contributed by atoms with Gasteiger partial charge >= 0.3 is 0 Å². The Kier molecular flexibility index (Phi) is 2.00. The lowest BCUT2D eigenvalue weighted by atomic mass is 10.2. The maximum atomic E-state index is 5.00. The molecule has 2 heteroatoms. The van der Waals surface area contributed by atoms with E-state index in [0.29, 0.717) is 0 Å². The van der Waals surface area contributed by atoms with E-state index >= 15 is 0 Å². The Bertz CT molecular complexity index is 346. The van der Waals surface area contributed by atoms with E-state index in [4.69, 9.17) is 4.42 Å². The Labute approximate surface area is 75.7 Å². The third-order valence-corrected chi connectivity index (χ3v) is 2.76. The molecule has 0 fully saturated rings. The molecule has 0 atom stereocenters. The minimum atomic E-state index is 0.995. The summed E-state index contributed by atoms with van der Waals surface area (Å²) in [6, 6.07) is 6.34. The van der Waals surface area contributed by atoms with Gasteiger partial charge in [0.25, 0.3) is 0 Å². The van der Waals surface area contributed by atoms with E-state index in [2.05, 4.69) is 19.1 Å². The van der Waals surface area contributed by atoms with Crippen LogP contribution in [0.15, 0.2) is 35.1 Å². The van der Waals surface area contributed by atoms with Crippen LogP contribution < -0.4 is 0 Å². The second-order valence-electron chi connectivity index (χ2n) is 2.82. The van der Waals surface area contributed by atoms with Crippen molar-refractivity contribution in [3.8, 4) is 0 Å². The van der Waals surface area contributed by atoms with E-state index in [9.17, 15) is 0 Å². The van der Waals surface area contributed by atoms with Crippen molar-refractivity contribution < 1.29 is 4.42 Å². The van der Waals surface area contributed by atoms with Gasteiger partial charge in [-0.2, -0.15) is 0 Å². The van der Waals surface area contributed by atoms with Crippen molar-refractivity contribution in [2.24, 2.45) is 0 Å². The molecule has 0 amide bonds. The number of rotatable bonds is 2. The largest absolute Gasteiger partial charge is 0.472 e. The zero-order chi connectivity index (χ0) is 8.39. The molecule has 0 saturated carbocycles. The van der Waals surface area contributed by atoms with Gasteiger partial charge in [-0.25, -0.2) is 0 Å². The standard InChI is InChI=1S/C10H10OS/c1-8-2-3-10(12-8)6-9-4-5-11-7-9/h2-5,7H,6H2,1H3. The summed E-state index contributed by atoms with van der Waals surface area (Å²) in [7, 11) is 0. The fraction of sp³-hybridized carbons (Fsp3) is 0.200. The number of hydrogen-bond acceptors (Lipinski definition) is 2. The maximum absolute atomic E-state index is 5.00. The first-order chi connectivity index (χ1) is 5.84. The lowest BCUT2D eigenvalue weighted by molar-refractivity contribution is 0.564. The van der Waals surface area contributed by atoms with Crippen LogP contribution in [0.4, 0.5) is 0 Å². The van der Waals surface area contributed by atoms with Gasteiger partial charge in [0, 0.05) is 16.2 Å². The average molecular weight is 178 g/mol. The quantitative estimate of drug-likeness (QED) is 0.688. The molecule has 12 heavy (non-hydrogen) atoms. The third-order valence-electron chi connectivity index (χ3n) is 1.75. The van der Waals surface area contributed by atoms with Crippen LogP contribution in [0.1, 0.15) is 15.3 Å². The summed E-state index contributed by atoms with van der Waals surface area (Å²) >= 11 is 1.84. The van der Waals surface area contributed by atoms with Crippen molar-refractivity contribution in [1.82, 2.24) is 0 Å². The van der Waals surface area contributed by atoms with E-state index in [1.165, 1.54) is 15.3 Å². The predicted octanol–water partition coefficient (Wildman–Crippen LogP) is 3.24. The Morgan fingerprint density at radius 1 is 1.33 bits per heavy atom. The van der Waals surface area contributed by atoms with Gasteiger partial charge < -0.3 is 4.42 Å². The van der Waals surface area contributed by atoms with Crippen molar-refractivity contribution in [1.29, 1.82) is 0 Å². The van der Waals surface area contributed by atoms with Gasteiger partial charge in [-0.05, 0) is 30.7 Å². The van der Waals surface area contributed by atoms with Gasteiger partial charge in [0.2, 0.25) is 0 Å². The topological polar surface area (TPSA) is 13.1 Å². The van der Waals surface area contributed by atoms with E-state index in [1.807, 2.05) is 17.4 Å². The van der Waals surface area contributed by atoms with Crippen LogP contribution in [0.5, 0.6) is 0 Å². The number of aryl methyl sites for hydroxylation is 1. The zero-order valence-corrected chi connectivity index (χ0v) is 7.73. The summed E-state index contributed by atoms with van der Waals surface area (Å²) < 4.78 is 5.00. The molecular formula is C10H10OS. The van der Waals surface area contributed by atoms with E-state index in [-0.39, 0.29) is 0 Å². The molecule has 0 radical (unpaired) electrons. The molecule has 0 unspecified atom stereocenters. The highest BCUT2D eigenvalue weighted by Gasteiger charge is 1.99. The van der Waals surface area contributed by atoms with Crippen molar-refractivity contribution in [3.63, 3.8) is 0 Å². The Morgan fingerprint density at radius 3 is 2.83 bits per heavy atom. The summed E-state index contributed by atoms with van der Waals surface area (Å²) in [5, 5.41) is 0. The lowest BCUT2D eigenvalue weighted by Crippen LogP contribution is -1.77. The number of thiophene rings is 1. The molecule has 2 heterocycles. The molecule has 2 rings (SSSR count). The summed E-state index contributed by atoms with van der Waals surface area (Å²) in [5.41, 5.74) is 1.25. The first-order valence-corrected chi connectivity index (χ1v) is 4.72. The van der Waals surface area contributed by atoms with Crippen LogP contribution >= 0.6 is 11.3 Å². The van der Waals surface area contributed by atoms with Crippen molar-refractivity contribution >= 4 is 11.3 Å². The lowest BCUT2D eigenvalue weighted by Gasteiger charge is -1.89. The molecule has 2 aromatic rings. The second kappa shape index (κ2) is 3.15. The van der Waals surface area contributed by atoms with Crippen LogP contribution in [0, 0.1) is 6.92 Å². The van der Waals surface area contributed by atoms with Crippen LogP contribution in [-0.2, 0) is 6.42 Å². The molecule has 0 aliphatic rings. The minimum absolute atomic E-state index is 0.995. The van der Waals surface area contributed by atoms with Gasteiger partial charge in [0.05, 0.1) is 12.5 Å². The maximum Gasteiger partial charge on any atom is 0.0938 e. The van der Waals surface area contributed by atoms with E-state index < -0.39 is 0 Å². The minimum Gasteiger partial charge on any atom is -0.472 e. The first-order valence-electron chi connectivity index (χ1n) is 3.91. The summed E-state index contributed by atoms with van der Waals surface area (Å²) in [6.45, 7) is 2.13. The predicted molar refractivity (Wildman–Crippen MR) is 50.6 cm³/mol. The molecule has 0 N–H and O–H groups in total. The fourth-order valence-corrected chi connectivity index (χ4v) is 2.10. The molecular weight excluding hydrogens is 168 g/mol. The Morgan fingerprint density at radius 2 is 2.25 bits per heavy atom. The smallest absolute Gasteiger partial charge is 0.0938 e. The zero-order valence-electron chi connectivity index (χ0n) is 6.91. The molecule has 0 spiro atoms. The van der Waals surface area contributed by atoms with Crippen LogP contribution in [0.3, 0.4) is 0 Å².